The van der Waals surface area contributed by atoms with Gasteiger partial charge in [-0.3, -0.25) is 4.79 Å². The van der Waals surface area contributed by atoms with Gasteiger partial charge in [0.2, 0.25) is 5.91 Å². The van der Waals surface area contributed by atoms with Gasteiger partial charge >= 0.3 is 0 Å². The molecule has 0 aliphatic rings. The molecule has 0 saturated carbocycles. The van der Waals surface area contributed by atoms with Gasteiger partial charge in [-0.15, -0.1) is 0 Å². The van der Waals surface area contributed by atoms with Crippen molar-refractivity contribution in [3.63, 3.8) is 0 Å². The van der Waals surface area contributed by atoms with Gasteiger partial charge in [-0.25, -0.2) is 0 Å². The van der Waals surface area contributed by atoms with Gasteiger partial charge in [-0.05, 0) is 83.3 Å². The van der Waals surface area contributed by atoms with Crippen LogP contribution in [-0.2, 0) is 4.79 Å². The highest BCUT2D eigenvalue weighted by Gasteiger charge is 2.12. The SMILES string of the molecule is C=C(CC)CCC(CCCCCCCCCC)CCCCCCCCCC.C=C(O)CCC(CCCCCCCCCC)CCCCCCCCCC.CCCCN(CC)C(=O)CCCCN(CC)CC. The van der Waals surface area contributed by atoms with Crippen molar-refractivity contribution >= 4 is 5.91 Å². The van der Waals surface area contributed by atoms with Crippen LogP contribution >= 0.6 is 0 Å². The van der Waals surface area contributed by atoms with Gasteiger partial charge in [0, 0.05) is 25.9 Å². The zero-order valence-electron chi connectivity index (χ0n) is 50.9. The Morgan fingerprint density at radius 1 is 0.352 bits per heavy atom. The Bertz CT molecular complexity index is 997. The van der Waals surface area contributed by atoms with E-state index < -0.39 is 0 Å². The first-order chi connectivity index (χ1) is 34.6. The molecule has 426 valence electrons. The Labute approximate surface area is 450 Å². The number of carbonyl (C=O) groups excluding carboxylic acids is 1. The molecule has 0 heterocycles. The highest BCUT2D eigenvalue weighted by atomic mass is 16.3. The maximum atomic E-state index is 12.0. The minimum absolute atomic E-state index is 0.338. The predicted octanol–water partition coefficient (Wildman–Crippen LogP) is 23.1. The van der Waals surface area contributed by atoms with E-state index in [0.717, 1.165) is 89.5 Å². The van der Waals surface area contributed by atoms with Crippen LogP contribution in [0, 0.1) is 11.8 Å². The number of carbonyl (C=O) groups is 1. The number of amides is 1. The van der Waals surface area contributed by atoms with Crippen LogP contribution in [0.15, 0.2) is 24.5 Å². The van der Waals surface area contributed by atoms with Crippen molar-refractivity contribution in [2.75, 3.05) is 32.7 Å². The second-order valence-corrected chi connectivity index (χ2v) is 22.3. The first kappa shape index (κ1) is 74.0. The van der Waals surface area contributed by atoms with Crippen molar-refractivity contribution in [2.45, 2.75) is 358 Å². The van der Waals surface area contributed by atoms with E-state index in [0.29, 0.717) is 11.7 Å². The smallest absolute Gasteiger partial charge is 0.222 e. The van der Waals surface area contributed by atoms with Gasteiger partial charge in [0.25, 0.3) is 0 Å². The average molecular weight is 1000 g/mol. The van der Waals surface area contributed by atoms with E-state index >= 15 is 0 Å². The van der Waals surface area contributed by atoms with Crippen LogP contribution in [0.2, 0.25) is 0 Å². The molecule has 0 aliphatic carbocycles. The van der Waals surface area contributed by atoms with Gasteiger partial charge in [-0.1, -0.05) is 312 Å². The lowest BCUT2D eigenvalue weighted by Crippen LogP contribution is -2.31. The van der Waals surface area contributed by atoms with Crippen molar-refractivity contribution in [1.82, 2.24) is 9.80 Å². The van der Waals surface area contributed by atoms with Crippen molar-refractivity contribution in [3.8, 4) is 0 Å². The Kier molecular flexibility index (Phi) is 65.6. The van der Waals surface area contributed by atoms with Gasteiger partial charge < -0.3 is 14.9 Å². The van der Waals surface area contributed by atoms with Crippen LogP contribution in [-0.4, -0.2) is 53.5 Å². The Morgan fingerprint density at radius 2 is 0.676 bits per heavy atom. The fourth-order valence-electron chi connectivity index (χ4n) is 10.2. The molecule has 1 amide bonds. The number of allylic oxidation sites excluding steroid dienone is 2. The van der Waals surface area contributed by atoms with E-state index in [-0.39, 0.29) is 0 Å². The molecule has 0 saturated heterocycles. The molecule has 0 aromatic carbocycles. The molecular formula is C67H136N2O2. The van der Waals surface area contributed by atoms with Gasteiger partial charge in [0.05, 0.1) is 5.76 Å². The van der Waals surface area contributed by atoms with Crippen LogP contribution < -0.4 is 0 Å². The summed E-state index contributed by atoms with van der Waals surface area (Å²) in [7, 11) is 0. The second kappa shape index (κ2) is 63.0. The molecule has 0 bridgehead atoms. The summed E-state index contributed by atoms with van der Waals surface area (Å²) in [6.07, 6.45) is 62.3. The van der Waals surface area contributed by atoms with Crippen molar-refractivity contribution in [2.24, 2.45) is 11.8 Å². The number of hydrogen-bond acceptors (Lipinski definition) is 3. The average Bonchev–Trinajstić information content (AvgIpc) is 3.37. The number of rotatable bonds is 54. The van der Waals surface area contributed by atoms with E-state index in [9.17, 15) is 9.90 Å². The number of aliphatic hydroxyl groups is 1. The quantitative estimate of drug-likeness (QED) is 0.0375. The van der Waals surface area contributed by atoms with Crippen LogP contribution in [0.25, 0.3) is 0 Å². The van der Waals surface area contributed by atoms with E-state index in [4.69, 9.17) is 0 Å². The van der Waals surface area contributed by atoms with Crippen molar-refractivity contribution < 1.29 is 9.90 Å². The molecule has 0 rings (SSSR count). The van der Waals surface area contributed by atoms with Crippen LogP contribution in [0.4, 0.5) is 0 Å². The Hall–Kier alpha value is -1.29. The third kappa shape index (κ3) is 59.5. The minimum atomic E-state index is 0.338. The largest absolute Gasteiger partial charge is 0.513 e. The van der Waals surface area contributed by atoms with E-state index in [2.05, 4.69) is 80.4 Å². The van der Waals surface area contributed by atoms with Crippen molar-refractivity contribution in [3.05, 3.63) is 24.5 Å². The summed E-state index contributed by atoms with van der Waals surface area (Å²) >= 11 is 0. The molecule has 4 nitrogen and oxygen atoms in total. The van der Waals surface area contributed by atoms with Gasteiger partial charge in [-0.2, -0.15) is 0 Å². The highest BCUT2D eigenvalue weighted by Crippen LogP contribution is 2.27. The Balaban J connectivity index is -0.000000998. The highest BCUT2D eigenvalue weighted by molar-refractivity contribution is 5.76. The maximum absolute atomic E-state index is 12.0. The van der Waals surface area contributed by atoms with Crippen molar-refractivity contribution in [1.29, 1.82) is 0 Å². The number of nitrogens with zero attached hydrogens (tertiary/aromatic N) is 2. The number of hydrogen-bond donors (Lipinski definition) is 1. The van der Waals surface area contributed by atoms with E-state index in [1.165, 1.54) is 256 Å². The molecule has 1 N–H and O–H groups in total. The molecule has 0 atom stereocenters. The summed E-state index contributed by atoms with van der Waals surface area (Å²) in [5, 5.41) is 9.43. The predicted molar refractivity (Wildman–Crippen MR) is 324 cm³/mol. The monoisotopic (exact) mass is 1000 g/mol. The molecule has 71 heavy (non-hydrogen) atoms. The molecule has 0 aromatic rings. The van der Waals surface area contributed by atoms with Gasteiger partial charge in [0.1, 0.15) is 0 Å². The number of aliphatic hydroxyl groups excluding tert-OH is 1. The Morgan fingerprint density at radius 3 is 0.972 bits per heavy atom. The molecule has 0 unspecified atom stereocenters. The van der Waals surface area contributed by atoms with Gasteiger partial charge in [0.15, 0.2) is 0 Å². The first-order valence-corrected chi connectivity index (χ1v) is 32.7. The lowest BCUT2D eigenvalue weighted by molar-refractivity contribution is -0.131. The maximum Gasteiger partial charge on any atom is 0.222 e. The second-order valence-electron chi connectivity index (χ2n) is 22.3. The first-order valence-electron chi connectivity index (χ1n) is 32.7. The topological polar surface area (TPSA) is 43.8 Å². The molecular weight excluding hydrogens is 865 g/mol. The normalized spacial score (nSPS) is 11.3. The van der Waals surface area contributed by atoms with Crippen LogP contribution in [0.3, 0.4) is 0 Å². The summed E-state index contributed by atoms with van der Waals surface area (Å²) in [4.78, 5) is 16.4. The fourth-order valence-corrected chi connectivity index (χ4v) is 10.2. The summed E-state index contributed by atoms with van der Waals surface area (Å²) in [6.45, 7) is 33.1. The summed E-state index contributed by atoms with van der Waals surface area (Å²) < 4.78 is 0. The lowest BCUT2D eigenvalue weighted by Gasteiger charge is -2.21. The third-order valence-electron chi connectivity index (χ3n) is 15.6. The molecule has 0 spiro atoms. The molecule has 0 radical (unpaired) electrons. The number of unbranched alkanes of at least 4 members (excludes halogenated alkanes) is 30. The zero-order valence-corrected chi connectivity index (χ0v) is 50.9. The van der Waals surface area contributed by atoms with E-state index in [1.807, 2.05) is 4.90 Å². The summed E-state index contributed by atoms with van der Waals surface area (Å²) in [6, 6.07) is 0. The molecule has 0 aliphatic heterocycles. The summed E-state index contributed by atoms with van der Waals surface area (Å²) in [5.41, 5.74) is 1.46. The third-order valence-corrected chi connectivity index (χ3v) is 15.6. The molecule has 0 aromatic heterocycles. The minimum Gasteiger partial charge on any atom is -0.513 e. The molecule has 4 heteroatoms. The summed E-state index contributed by atoms with van der Waals surface area (Å²) in [5.74, 6) is 2.49. The molecule has 0 fully saturated rings. The van der Waals surface area contributed by atoms with E-state index in [1.54, 1.807) is 0 Å². The lowest BCUT2D eigenvalue weighted by atomic mass is 9.89. The van der Waals surface area contributed by atoms with Crippen LogP contribution in [0.1, 0.15) is 358 Å². The fraction of sp³-hybridized carbons (Fsp3) is 0.925. The standard InChI is InChI=1S/C27H54.C25H50O.C15H32N2O/c1-5-8-10-12-14-16-18-20-22-27(25-24-26(4)7-3)23-21-19-17-15-13-11-9-6-2;1-4-6-8-10-12-14-16-18-20-25(23-22-24(3)26)21-19-17-15-13-11-9-7-5-2;1-5-9-14-17(8-4)15(18)12-10-11-13-16(6-2)7-3/h27H,4-25H2,1-3H3;25-26H,3-23H2,1-2H3;5-14H2,1-4H3. The zero-order chi connectivity index (χ0) is 53.1. The van der Waals surface area contributed by atoms with Crippen LogP contribution in [0.5, 0.6) is 0 Å².